The lowest BCUT2D eigenvalue weighted by Gasteiger charge is -2.63. The molecule has 63 heavy (non-hydrogen) atoms. The average molecular weight is 867 g/mol. The second-order valence-corrected chi connectivity index (χ2v) is 19.0. The normalized spacial score (nSPS) is 35.2. The topological polar surface area (TPSA) is 175 Å². The molecule has 3 aromatic rings. The van der Waals surface area contributed by atoms with E-state index in [9.17, 15) is 19.5 Å². The van der Waals surface area contributed by atoms with Crippen LogP contribution in [-0.2, 0) is 45.8 Å². The first kappa shape index (κ1) is 43.1. The molecular weight excluding hydrogens is 805 g/mol. The lowest BCUT2D eigenvalue weighted by atomic mass is 9.47. The number of piperidine rings is 1. The molecule has 338 valence electrons. The van der Waals surface area contributed by atoms with Crippen LogP contribution in [0.2, 0.25) is 0 Å². The van der Waals surface area contributed by atoms with Gasteiger partial charge in [-0.2, -0.15) is 0 Å². The number of amides is 2. The van der Waals surface area contributed by atoms with Gasteiger partial charge in [0.15, 0.2) is 6.10 Å². The smallest absolute Gasteiger partial charge is 0.344 e. The van der Waals surface area contributed by atoms with Gasteiger partial charge in [0.2, 0.25) is 5.60 Å². The first-order valence-electron chi connectivity index (χ1n) is 22.4. The van der Waals surface area contributed by atoms with Gasteiger partial charge in [0.25, 0.3) is 0 Å². The maximum absolute atomic E-state index is 15.5. The molecule has 2 aromatic carbocycles. The summed E-state index contributed by atoms with van der Waals surface area (Å²) in [6, 6.07) is 10.7. The Balaban J connectivity index is 1.34. The number of benzene rings is 2. The van der Waals surface area contributed by atoms with Crippen LogP contribution >= 0.6 is 0 Å². The first-order valence-corrected chi connectivity index (χ1v) is 22.4. The van der Waals surface area contributed by atoms with Crippen molar-refractivity contribution in [3.05, 3.63) is 70.9 Å². The number of carbonyl (C=O) groups is 4. The summed E-state index contributed by atoms with van der Waals surface area (Å²) in [5, 5.41) is 20.5. The van der Waals surface area contributed by atoms with Crippen molar-refractivity contribution in [2.24, 2.45) is 11.3 Å². The Morgan fingerprint density at radius 2 is 1.73 bits per heavy atom. The number of carbonyl (C=O) groups excluding carboxylic acids is 4. The van der Waals surface area contributed by atoms with Crippen molar-refractivity contribution >= 4 is 40.5 Å². The standard InChI is InChI=1S/C48H62N6O9/c1-9-44(51-43(58)49-4)24-29-25-47(41(56)61-7,37-31(16-20-53(26-29)27-44)30-14-11-12-15-34(30)50-37)33-22-32-35(23-36(33)60-6)52(5)39-46(32)18-21-54-19-13-17-45(10-2,38(46)54)40(63-28(3)55)48(39,59)42(57)62-8/h11-15,17,22-23,29,38-40,50,59H,9-10,16,18-21,24-27H2,1-8H3,(H2,49,51,58)/t29-,38-,39+,40+,44-,45+,46+,47-,48-/m0/s1. The molecule has 9 rings (SSSR count). The zero-order valence-corrected chi connectivity index (χ0v) is 37.8. The molecule has 2 amide bonds. The highest BCUT2D eigenvalue weighted by Crippen LogP contribution is 2.68. The Labute approximate surface area is 368 Å². The molecule has 1 aliphatic carbocycles. The van der Waals surface area contributed by atoms with E-state index < -0.39 is 57.4 Å². The monoisotopic (exact) mass is 866 g/mol. The van der Waals surface area contributed by atoms with E-state index in [-0.39, 0.29) is 18.0 Å². The molecule has 3 fully saturated rings. The summed E-state index contributed by atoms with van der Waals surface area (Å²) >= 11 is 0. The second-order valence-electron chi connectivity index (χ2n) is 19.0. The molecule has 6 aliphatic rings. The highest BCUT2D eigenvalue weighted by Gasteiger charge is 2.80. The third-order valence-electron chi connectivity index (χ3n) is 16.2. The van der Waals surface area contributed by atoms with Crippen molar-refractivity contribution in [3.8, 4) is 5.75 Å². The fourth-order valence-electron chi connectivity index (χ4n) is 14.0. The SMILES string of the molecule is CC[C@]1(NC(=O)NC)C[C@@H]2CN(CCc3c([nH]c4ccccc34)[C@@](C(=O)OC)(c3cc4c(cc3OC)N(C)[C@H]3[C@@](O)(C(=O)OC)[C@H](OC(C)=O)[C@]5(CC)C=CCN6CC[C@]43[C@@H]65)C2)C1. The van der Waals surface area contributed by atoms with Gasteiger partial charge in [-0.1, -0.05) is 44.2 Å². The van der Waals surface area contributed by atoms with E-state index in [1.807, 2.05) is 49.2 Å². The van der Waals surface area contributed by atoms with Crippen LogP contribution in [0.5, 0.6) is 5.75 Å². The molecule has 10 atom stereocenters. The summed E-state index contributed by atoms with van der Waals surface area (Å²) in [6.07, 6.45) is 6.09. The Morgan fingerprint density at radius 3 is 2.41 bits per heavy atom. The minimum Gasteiger partial charge on any atom is -0.496 e. The number of aromatic nitrogens is 1. The number of para-hydroxylation sites is 1. The number of methoxy groups -OCH3 is 3. The van der Waals surface area contributed by atoms with Crippen LogP contribution in [0.4, 0.5) is 10.5 Å². The number of fused-ring (bicyclic) bond motifs is 6. The Hall–Kier alpha value is -5.12. The zero-order valence-electron chi connectivity index (χ0n) is 37.8. The summed E-state index contributed by atoms with van der Waals surface area (Å²) in [5.41, 5.74) is -1.40. The number of nitrogens with one attached hydrogen (secondary N) is 3. The average Bonchev–Trinajstić information content (AvgIpc) is 3.95. The molecule has 15 heteroatoms. The number of H-pyrrole nitrogens is 1. The largest absolute Gasteiger partial charge is 0.496 e. The third-order valence-corrected chi connectivity index (χ3v) is 16.2. The first-order chi connectivity index (χ1) is 30.2. The number of nitrogens with zero attached hydrogens (tertiary/aromatic N) is 3. The molecular formula is C48H62N6O9. The van der Waals surface area contributed by atoms with Gasteiger partial charge in [-0.25, -0.2) is 9.59 Å². The highest BCUT2D eigenvalue weighted by atomic mass is 16.6. The Kier molecular flexibility index (Phi) is 10.5. The van der Waals surface area contributed by atoms with Crippen LogP contribution in [0.3, 0.4) is 0 Å². The van der Waals surface area contributed by atoms with Gasteiger partial charge in [-0.15, -0.1) is 0 Å². The lowest BCUT2D eigenvalue weighted by Crippen LogP contribution is -2.81. The van der Waals surface area contributed by atoms with E-state index in [1.165, 1.54) is 21.1 Å². The summed E-state index contributed by atoms with van der Waals surface area (Å²) in [6.45, 7) is 8.77. The van der Waals surface area contributed by atoms with Crippen LogP contribution < -0.4 is 20.3 Å². The van der Waals surface area contributed by atoms with Gasteiger partial charge in [-0.3, -0.25) is 14.5 Å². The molecule has 5 aliphatic heterocycles. The fourth-order valence-corrected chi connectivity index (χ4v) is 14.0. The maximum atomic E-state index is 15.5. The molecule has 0 radical (unpaired) electrons. The summed E-state index contributed by atoms with van der Waals surface area (Å²) in [4.78, 5) is 66.7. The lowest BCUT2D eigenvalue weighted by molar-refractivity contribution is -0.228. The number of ether oxygens (including phenoxy) is 4. The van der Waals surface area contributed by atoms with E-state index in [2.05, 4.69) is 50.5 Å². The Morgan fingerprint density at radius 1 is 0.968 bits per heavy atom. The molecule has 1 spiro atoms. The van der Waals surface area contributed by atoms with E-state index in [0.717, 1.165) is 33.4 Å². The summed E-state index contributed by atoms with van der Waals surface area (Å²) < 4.78 is 24.1. The summed E-state index contributed by atoms with van der Waals surface area (Å²) in [7, 11) is 7.77. The van der Waals surface area contributed by atoms with Gasteiger partial charge < -0.3 is 49.5 Å². The van der Waals surface area contributed by atoms with Crippen molar-refractivity contribution in [1.29, 1.82) is 0 Å². The van der Waals surface area contributed by atoms with Gasteiger partial charge in [-0.05, 0) is 74.2 Å². The molecule has 6 heterocycles. The number of esters is 3. The molecule has 2 bridgehead atoms. The Bertz CT molecular complexity index is 2400. The number of aliphatic hydroxyl groups is 1. The molecule has 15 nitrogen and oxygen atoms in total. The number of hydrogen-bond acceptors (Lipinski definition) is 12. The molecule has 4 N–H and O–H groups in total. The van der Waals surface area contributed by atoms with Crippen LogP contribution in [0.15, 0.2) is 48.6 Å². The predicted molar refractivity (Wildman–Crippen MR) is 236 cm³/mol. The summed E-state index contributed by atoms with van der Waals surface area (Å²) in [5.74, 6) is -1.59. The van der Waals surface area contributed by atoms with E-state index in [4.69, 9.17) is 18.9 Å². The molecule has 2 saturated heterocycles. The molecule has 1 aromatic heterocycles. The number of aromatic amines is 1. The number of anilines is 1. The van der Waals surface area contributed by atoms with E-state index >= 15 is 4.79 Å². The third kappa shape index (κ3) is 5.80. The van der Waals surface area contributed by atoms with Crippen molar-refractivity contribution in [1.82, 2.24) is 25.4 Å². The van der Waals surface area contributed by atoms with Gasteiger partial charge in [0.1, 0.15) is 11.2 Å². The predicted octanol–water partition coefficient (Wildman–Crippen LogP) is 3.93. The maximum Gasteiger partial charge on any atom is 0.344 e. The number of hydrogen-bond donors (Lipinski definition) is 4. The van der Waals surface area contributed by atoms with Crippen LogP contribution in [0, 0.1) is 11.3 Å². The number of urea groups is 1. The van der Waals surface area contributed by atoms with E-state index in [1.54, 1.807) is 14.2 Å². The fraction of sp³-hybridized carbons (Fsp3) is 0.583. The number of rotatable bonds is 8. The second kappa shape index (κ2) is 15.3. The van der Waals surface area contributed by atoms with Gasteiger partial charge in [0.05, 0.1) is 32.9 Å². The van der Waals surface area contributed by atoms with Crippen LogP contribution in [0.1, 0.15) is 75.3 Å². The quantitative estimate of drug-likeness (QED) is 0.146. The van der Waals surface area contributed by atoms with E-state index in [0.29, 0.717) is 82.6 Å². The minimum absolute atomic E-state index is 0.0966. The van der Waals surface area contributed by atoms with Gasteiger partial charge in [0, 0.05) is 98.0 Å². The molecule has 1 saturated carbocycles. The van der Waals surface area contributed by atoms with Crippen molar-refractivity contribution in [2.75, 3.05) is 73.0 Å². The van der Waals surface area contributed by atoms with Crippen molar-refractivity contribution in [2.45, 2.75) is 99.5 Å². The number of likely N-dealkylation sites (N-methyl/N-ethyl adjacent to an activating group) is 1. The highest BCUT2D eigenvalue weighted by molar-refractivity contribution is 5.95. The minimum atomic E-state index is -2.32. The van der Waals surface area contributed by atoms with Crippen molar-refractivity contribution < 1.29 is 43.2 Å². The van der Waals surface area contributed by atoms with Crippen LogP contribution in [0.25, 0.3) is 10.9 Å². The zero-order chi connectivity index (χ0) is 44.9. The van der Waals surface area contributed by atoms with Crippen LogP contribution in [-0.4, -0.2) is 141 Å². The van der Waals surface area contributed by atoms with Crippen molar-refractivity contribution in [3.63, 3.8) is 0 Å². The van der Waals surface area contributed by atoms with Gasteiger partial charge >= 0.3 is 23.9 Å². The molecule has 1 unspecified atom stereocenters.